The number of phenolic OH excluding ortho intramolecular Hbond substituents is 1. The Bertz CT molecular complexity index is 1340. The Morgan fingerprint density at radius 3 is 2.34 bits per heavy atom. The van der Waals surface area contributed by atoms with Gasteiger partial charge in [-0.2, -0.15) is 0 Å². The number of phenols is 1. The minimum absolute atomic E-state index is 0.00340. The maximum absolute atomic E-state index is 13.1. The summed E-state index contributed by atoms with van der Waals surface area (Å²) in [6.07, 6.45) is 4.27. The quantitative estimate of drug-likeness (QED) is 0.298. The predicted octanol–water partition coefficient (Wildman–Crippen LogP) is 5.54. The highest BCUT2D eigenvalue weighted by molar-refractivity contribution is 6.50. The number of carbonyl (C=O) groups excluding carboxylic acids is 2. The average molecular weight is 468 g/mol. The maximum Gasteiger partial charge on any atom is 0.296 e. The Morgan fingerprint density at radius 2 is 1.69 bits per heavy atom. The fraction of sp³-hybridized carbons (Fsp3) is 0.125. The van der Waals surface area contributed by atoms with Crippen LogP contribution in [0.25, 0.3) is 10.9 Å². The molecule has 8 heteroatoms. The number of Topliss-reactive ketones (excluding diaryl/α,β-unsaturated/α-hetero) is 1. The van der Waals surface area contributed by atoms with Crippen molar-refractivity contribution in [2.45, 2.75) is 20.4 Å². The molecule has 6 nitrogen and oxygen atoms in total. The number of aryl methyl sites for hydroxylation is 2. The molecule has 4 rings (SSSR count). The molecule has 2 N–H and O–H groups in total. The van der Waals surface area contributed by atoms with Crippen molar-refractivity contribution in [2.24, 2.45) is 0 Å². The molecule has 162 valence electrons. The molecule has 0 bridgehead atoms. The van der Waals surface area contributed by atoms with E-state index < -0.39 is 11.7 Å². The third-order valence-corrected chi connectivity index (χ3v) is 5.62. The van der Waals surface area contributed by atoms with E-state index in [2.05, 4.69) is 28.5 Å². The zero-order valence-corrected chi connectivity index (χ0v) is 18.8. The molecule has 0 saturated carbocycles. The zero-order valence-electron chi connectivity index (χ0n) is 17.3. The molecule has 32 heavy (non-hydrogen) atoms. The molecule has 0 radical (unpaired) electrons. The summed E-state index contributed by atoms with van der Waals surface area (Å²) in [6, 6.07) is 11.0. The van der Waals surface area contributed by atoms with Gasteiger partial charge < -0.3 is 15.0 Å². The van der Waals surface area contributed by atoms with Gasteiger partial charge in [0, 0.05) is 36.0 Å². The summed E-state index contributed by atoms with van der Waals surface area (Å²) < 4.78 is 1.88. The highest BCUT2D eigenvalue weighted by Gasteiger charge is 2.24. The molecule has 0 atom stereocenters. The molecular weight excluding hydrogens is 449 g/mol. The normalized spacial score (nSPS) is 11.0. The number of ketones is 1. The van der Waals surface area contributed by atoms with E-state index in [0.29, 0.717) is 11.9 Å². The molecule has 4 aromatic rings. The molecular formula is C24H19Cl2N3O3. The van der Waals surface area contributed by atoms with E-state index in [0.717, 1.165) is 22.2 Å². The molecule has 2 aromatic carbocycles. The third kappa shape index (κ3) is 4.33. The highest BCUT2D eigenvalue weighted by Crippen LogP contribution is 2.30. The highest BCUT2D eigenvalue weighted by atomic mass is 35.5. The van der Waals surface area contributed by atoms with Gasteiger partial charge in [0.2, 0.25) is 0 Å². The lowest BCUT2D eigenvalue weighted by Crippen LogP contribution is -2.23. The Morgan fingerprint density at radius 1 is 1.03 bits per heavy atom. The summed E-state index contributed by atoms with van der Waals surface area (Å²) in [7, 11) is 0. The molecule has 0 aliphatic rings. The summed E-state index contributed by atoms with van der Waals surface area (Å²) >= 11 is 12.1. The lowest BCUT2D eigenvalue weighted by atomic mass is 10.1. The van der Waals surface area contributed by atoms with Gasteiger partial charge in [0.05, 0.1) is 21.3 Å². The number of amides is 1. The van der Waals surface area contributed by atoms with E-state index in [4.69, 9.17) is 23.2 Å². The fourth-order valence-corrected chi connectivity index (χ4v) is 4.24. The summed E-state index contributed by atoms with van der Waals surface area (Å²) in [5.74, 6) is -1.67. The smallest absolute Gasteiger partial charge is 0.296 e. The van der Waals surface area contributed by atoms with Gasteiger partial charge in [-0.3, -0.25) is 14.6 Å². The number of hydrogen-bond donors (Lipinski definition) is 2. The first-order chi connectivity index (χ1) is 15.2. The van der Waals surface area contributed by atoms with Gasteiger partial charge in [-0.25, -0.2) is 0 Å². The number of fused-ring (bicyclic) bond motifs is 1. The molecule has 0 saturated heterocycles. The largest absolute Gasteiger partial charge is 0.508 e. The number of nitrogens with zero attached hydrogens (tertiary/aromatic N) is 2. The van der Waals surface area contributed by atoms with Crippen LogP contribution in [0.2, 0.25) is 10.0 Å². The topological polar surface area (TPSA) is 84.2 Å². The van der Waals surface area contributed by atoms with Crippen LogP contribution in [0, 0.1) is 13.8 Å². The van der Waals surface area contributed by atoms with Crippen LogP contribution in [-0.4, -0.2) is 26.3 Å². The van der Waals surface area contributed by atoms with Crippen molar-refractivity contribution in [3.63, 3.8) is 0 Å². The van der Waals surface area contributed by atoms with Crippen molar-refractivity contribution in [1.29, 1.82) is 0 Å². The third-order valence-electron chi connectivity index (χ3n) is 5.04. The van der Waals surface area contributed by atoms with Crippen LogP contribution in [0.4, 0.5) is 5.69 Å². The number of aromatic nitrogens is 2. The van der Waals surface area contributed by atoms with Gasteiger partial charge in [-0.05, 0) is 37.6 Å². The van der Waals surface area contributed by atoms with E-state index >= 15 is 0 Å². The second-order valence-corrected chi connectivity index (χ2v) is 8.44. The number of pyridine rings is 1. The van der Waals surface area contributed by atoms with Crippen molar-refractivity contribution in [1.82, 2.24) is 9.55 Å². The first-order valence-electron chi connectivity index (χ1n) is 9.76. The molecule has 2 heterocycles. The summed E-state index contributed by atoms with van der Waals surface area (Å²) in [5.41, 5.74) is 4.33. The van der Waals surface area contributed by atoms with Crippen molar-refractivity contribution in [3.05, 3.63) is 87.3 Å². The Kier molecular flexibility index (Phi) is 5.91. The van der Waals surface area contributed by atoms with Gasteiger partial charge in [-0.1, -0.05) is 52.5 Å². The Labute approximate surface area is 194 Å². The summed E-state index contributed by atoms with van der Waals surface area (Å²) in [4.78, 5) is 29.6. The second kappa shape index (κ2) is 8.65. The first kappa shape index (κ1) is 21.9. The lowest BCUT2D eigenvalue weighted by Gasteiger charge is -2.08. The van der Waals surface area contributed by atoms with Crippen molar-refractivity contribution in [3.8, 4) is 5.75 Å². The minimum atomic E-state index is -0.895. The molecule has 0 unspecified atom stereocenters. The van der Waals surface area contributed by atoms with Gasteiger partial charge in [0.15, 0.2) is 0 Å². The molecule has 0 fully saturated rings. The Hall–Kier alpha value is -3.35. The van der Waals surface area contributed by atoms with E-state index in [1.807, 2.05) is 18.4 Å². The van der Waals surface area contributed by atoms with E-state index in [1.165, 1.54) is 18.5 Å². The maximum atomic E-state index is 13.1. The van der Waals surface area contributed by atoms with Crippen molar-refractivity contribution in [2.75, 3.05) is 5.32 Å². The van der Waals surface area contributed by atoms with E-state index in [1.54, 1.807) is 18.3 Å². The van der Waals surface area contributed by atoms with Crippen molar-refractivity contribution < 1.29 is 14.7 Å². The molecule has 0 aliphatic heterocycles. The van der Waals surface area contributed by atoms with Gasteiger partial charge in [0.1, 0.15) is 5.75 Å². The molecule has 1 amide bonds. The van der Waals surface area contributed by atoms with Crippen LogP contribution >= 0.6 is 23.2 Å². The standard InChI is InChI=1S/C24H19Cl2N3O3/c1-13-5-14(2)7-15(6-13)11-29-12-18(17-8-16(30)3-4-21(17)29)23(31)24(32)28-22-19(25)9-27-10-20(22)26/h3-10,12,30H,11H2,1-2H3,(H,27,28,32). The zero-order chi connectivity index (χ0) is 23.0. The number of halogens is 2. The second-order valence-electron chi connectivity index (χ2n) is 7.63. The minimum Gasteiger partial charge on any atom is -0.508 e. The lowest BCUT2D eigenvalue weighted by molar-refractivity contribution is -0.112. The molecule has 0 aliphatic carbocycles. The van der Waals surface area contributed by atoms with Gasteiger partial charge in [0.25, 0.3) is 11.7 Å². The molecule has 2 aromatic heterocycles. The van der Waals surface area contributed by atoms with Crippen LogP contribution in [0.5, 0.6) is 5.75 Å². The predicted molar refractivity (Wildman–Crippen MR) is 126 cm³/mol. The summed E-state index contributed by atoms with van der Waals surface area (Å²) in [6.45, 7) is 4.55. The fourth-order valence-electron chi connectivity index (χ4n) is 3.78. The van der Waals surface area contributed by atoms with Gasteiger partial charge in [-0.15, -0.1) is 0 Å². The SMILES string of the molecule is Cc1cc(C)cc(Cn2cc(C(=O)C(=O)Nc3c(Cl)cncc3Cl)c3cc(O)ccc32)c1. The van der Waals surface area contributed by atoms with Crippen LogP contribution in [-0.2, 0) is 11.3 Å². The first-order valence-corrected chi connectivity index (χ1v) is 10.5. The number of benzene rings is 2. The molecule has 0 spiro atoms. The van der Waals surface area contributed by atoms with Crippen LogP contribution in [0.3, 0.4) is 0 Å². The monoisotopic (exact) mass is 467 g/mol. The van der Waals surface area contributed by atoms with Gasteiger partial charge >= 0.3 is 0 Å². The Balaban J connectivity index is 1.72. The van der Waals surface area contributed by atoms with Crippen molar-refractivity contribution >= 4 is 51.5 Å². The van der Waals surface area contributed by atoms with E-state index in [-0.39, 0.29) is 27.0 Å². The number of hydrogen-bond acceptors (Lipinski definition) is 4. The number of rotatable bonds is 5. The average Bonchev–Trinajstić information content (AvgIpc) is 3.06. The number of aromatic hydroxyl groups is 1. The summed E-state index contributed by atoms with van der Waals surface area (Å²) in [5, 5.41) is 13.2. The number of anilines is 1. The van der Waals surface area contributed by atoms with Crippen LogP contribution < -0.4 is 5.32 Å². The number of carbonyl (C=O) groups is 2. The van der Waals surface area contributed by atoms with Crippen LogP contribution in [0.15, 0.2) is 55.0 Å². The number of nitrogens with one attached hydrogen (secondary N) is 1. The van der Waals surface area contributed by atoms with E-state index in [9.17, 15) is 14.7 Å². The van der Waals surface area contributed by atoms with Crippen LogP contribution in [0.1, 0.15) is 27.0 Å².